The highest BCUT2D eigenvalue weighted by Gasteiger charge is 2.23. The second-order valence-electron chi connectivity index (χ2n) is 6.53. The summed E-state index contributed by atoms with van der Waals surface area (Å²) in [4.78, 5) is 14.2. The molecule has 1 atom stereocenters. The van der Waals surface area contributed by atoms with Crippen molar-refractivity contribution in [2.75, 3.05) is 7.05 Å². The van der Waals surface area contributed by atoms with Gasteiger partial charge in [-0.15, -0.1) is 0 Å². The Morgan fingerprint density at radius 1 is 1.24 bits per heavy atom. The van der Waals surface area contributed by atoms with Gasteiger partial charge in [0.15, 0.2) is 0 Å². The molecule has 1 aliphatic carbocycles. The Bertz CT molecular complexity index is 449. The maximum Gasteiger partial charge on any atom is 0.239 e. The molecule has 0 spiro atoms. The molecule has 0 aromatic heterocycles. The minimum absolute atomic E-state index is 0.0705. The van der Waals surface area contributed by atoms with Gasteiger partial charge >= 0.3 is 0 Å². The summed E-state index contributed by atoms with van der Waals surface area (Å²) in [6, 6.07) is 7.96. The van der Waals surface area contributed by atoms with Crippen LogP contribution in [0.1, 0.15) is 49.7 Å². The van der Waals surface area contributed by atoms with Crippen molar-refractivity contribution in [3.8, 4) is 0 Å². The van der Waals surface area contributed by atoms with Crippen LogP contribution < -0.4 is 5.73 Å². The number of nitrogens with zero attached hydrogens (tertiary/aromatic N) is 1. The predicted molar refractivity (Wildman–Crippen MR) is 86.8 cm³/mol. The molecule has 1 aromatic rings. The molecule has 1 amide bonds. The first-order valence-corrected chi connectivity index (χ1v) is 8.12. The molecule has 1 aliphatic rings. The van der Waals surface area contributed by atoms with Crippen molar-refractivity contribution in [2.45, 2.75) is 58.0 Å². The zero-order valence-corrected chi connectivity index (χ0v) is 13.3. The van der Waals surface area contributed by atoms with E-state index in [1.807, 2.05) is 7.05 Å². The van der Waals surface area contributed by atoms with Gasteiger partial charge in [-0.2, -0.15) is 0 Å². The summed E-state index contributed by atoms with van der Waals surface area (Å²) in [7, 11) is 1.85. The van der Waals surface area contributed by atoms with Gasteiger partial charge in [0.2, 0.25) is 5.91 Å². The zero-order chi connectivity index (χ0) is 15.2. The van der Waals surface area contributed by atoms with Crippen molar-refractivity contribution in [2.24, 2.45) is 11.7 Å². The van der Waals surface area contributed by atoms with Gasteiger partial charge in [0.25, 0.3) is 0 Å². The Labute approximate surface area is 128 Å². The van der Waals surface area contributed by atoms with Crippen molar-refractivity contribution in [1.29, 1.82) is 0 Å². The molecule has 2 rings (SSSR count). The van der Waals surface area contributed by atoms with Crippen LogP contribution in [0.4, 0.5) is 0 Å². The van der Waals surface area contributed by atoms with Crippen molar-refractivity contribution < 1.29 is 4.79 Å². The summed E-state index contributed by atoms with van der Waals surface area (Å²) < 4.78 is 0. The average molecular weight is 288 g/mol. The minimum atomic E-state index is -0.344. The highest BCUT2D eigenvalue weighted by molar-refractivity contribution is 5.81. The van der Waals surface area contributed by atoms with E-state index in [0.29, 0.717) is 12.5 Å². The van der Waals surface area contributed by atoms with E-state index in [2.05, 4.69) is 31.2 Å². The van der Waals surface area contributed by atoms with Crippen molar-refractivity contribution in [3.05, 3.63) is 35.4 Å². The van der Waals surface area contributed by atoms with Crippen molar-refractivity contribution >= 4 is 5.91 Å². The van der Waals surface area contributed by atoms with Crippen LogP contribution in [0.2, 0.25) is 0 Å². The van der Waals surface area contributed by atoms with E-state index < -0.39 is 0 Å². The molecule has 3 nitrogen and oxygen atoms in total. The van der Waals surface area contributed by atoms with Gasteiger partial charge in [-0.25, -0.2) is 0 Å². The van der Waals surface area contributed by atoms with Gasteiger partial charge < -0.3 is 10.6 Å². The van der Waals surface area contributed by atoms with Gasteiger partial charge in [0, 0.05) is 13.6 Å². The topological polar surface area (TPSA) is 46.3 Å². The molecule has 1 fully saturated rings. The Kier molecular flexibility index (Phi) is 5.80. The number of benzene rings is 1. The first-order chi connectivity index (χ1) is 10.1. The van der Waals surface area contributed by atoms with Gasteiger partial charge in [-0.1, -0.05) is 61.9 Å². The Morgan fingerprint density at radius 3 is 2.48 bits per heavy atom. The number of amides is 1. The van der Waals surface area contributed by atoms with E-state index in [9.17, 15) is 4.79 Å². The molecule has 2 N–H and O–H groups in total. The van der Waals surface area contributed by atoms with E-state index >= 15 is 0 Å². The summed E-state index contributed by atoms with van der Waals surface area (Å²) in [6.07, 6.45) is 7.25. The third kappa shape index (κ3) is 4.85. The van der Waals surface area contributed by atoms with Crippen LogP contribution in [0.25, 0.3) is 0 Å². The molecule has 3 heteroatoms. The lowest BCUT2D eigenvalue weighted by Gasteiger charge is -2.27. The SMILES string of the molecule is Cc1ccc(CN(C)C(=O)C(N)CC2CCCCC2)cc1. The number of aryl methyl sites for hydroxylation is 1. The fraction of sp³-hybridized carbons (Fsp3) is 0.611. The standard InChI is InChI=1S/C18H28N2O/c1-14-8-10-16(11-9-14)13-20(2)18(21)17(19)12-15-6-4-3-5-7-15/h8-11,15,17H,3-7,12-13,19H2,1-2H3. The smallest absolute Gasteiger partial charge is 0.239 e. The molecule has 0 radical (unpaired) electrons. The Morgan fingerprint density at radius 2 is 1.86 bits per heavy atom. The fourth-order valence-electron chi connectivity index (χ4n) is 3.21. The van der Waals surface area contributed by atoms with Crippen LogP contribution in [-0.2, 0) is 11.3 Å². The second-order valence-corrected chi connectivity index (χ2v) is 6.53. The number of nitrogens with two attached hydrogens (primary N) is 1. The summed E-state index contributed by atoms with van der Waals surface area (Å²) in [5.41, 5.74) is 8.53. The molecule has 1 aromatic carbocycles. The average Bonchev–Trinajstić information content (AvgIpc) is 2.49. The molecule has 0 aliphatic heterocycles. The summed E-state index contributed by atoms with van der Waals surface area (Å²) >= 11 is 0. The quantitative estimate of drug-likeness (QED) is 0.904. The molecule has 0 bridgehead atoms. The van der Waals surface area contributed by atoms with Crippen LogP contribution in [0, 0.1) is 12.8 Å². The highest BCUT2D eigenvalue weighted by Crippen LogP contribution is 2.27. The first-order valence-electron chi connectivity index (χ1n) is 8.12. The molecule has 21 heavy (non-hydrogen) atoms. The third-order valence-corrected chi connectivity index (χ3v) is 4.55. The van der Waals surface area contributed by atoms with Crippen LogP contribution in [0.3, 0.4) is 0 Å². The van der Waals surface area contributed by atoms with E-state index in [0.717, 1.165) is 12.0 Å². The second kappa shape index (κ2) is 7.60. The lowest BCUT2D eigenvalue weighted by atomic mass is 9.85. The number of hydrogen-bond donors (Lipinski definition) is 1. The number of carbonyl (C=O) groups is 1. The van der Waals surface area contributed by atoms with Crippen LogP contribution >= 0.6 is 0 Å². The van der Waals surface area contributed by atoms with Crippen molar-refractivity contribution in [1.82, 2.24) is 4.90 Å². The monoisotopic (exact) mass is 288 g/mol. The number of hydrogen-bond acceptors (Lipinski definition) is 2. The van der Waals surface area contributed by atoms with Gasteiger partial charge in [0.1, 0.15) is 0 Å². The summed E-state index contributed by atoms with van der Waals surface area (Å²) in [6.45, 7) is 2.70. The highest BCUT2D eigenvalue weighted by atomic mass is 16.2. The number of rotatable bonds is 5. The van der Waals surface area contributed by atoms with Crippen LogP contribution in [0.5, 0.6) is 0 Å². The summed E-state index contributed by atoms with van der Waals surface area (Å²) in [5, 5.41) is 0. The lowest BCUT2D eigenvalue weighted by Crippen LogP contribution is -2.42. The van der Waals surface area contributed by atoms with E-state index in [1.165, 1.54) is 37.7 Å². The van der Waals surface area contributed by atoms with Crippen LogP contribution in [0.15, 0.2) is 24.3 Å². The van der Waals surface area contributed by atoms with Gasteiger partial charge in [0.05, 0.1) is 6.04 Å². The Balaban J connectivity index is 1.84. The maximum absolute atomic E-state index is 12.4. The molecular formula is C18H28N2O. The maximum atomic E-state index is 12.4. The normalized spacial score (nSPS) is 17.5. The number of carbonyl (C=O) groups excluding carboxylic acids is 1. The van der Waals surface area contributed by atoms with Gasteiger partial charge in [-0.05, 0) is 24.8 Å². The first kappa shape index (κ1) is 16.0. The zero-order valence-electron chi connectivity index (χ0n) is 13.3. The molecule has 0 heterocycles. The summed E-state index contributed by atoms with van der Waals surface area (Å²) in [5.74, 6) is 0.714. The molecule has 1 unspecified atom stereocenters. The molecular weight excluding hydrogens is 260 g/mol. The lowest BCUT2D eigenvalue weighted by molar-refractivity contribution is -0.132. The largest absolute Gasteiger partial charge is 0.340 e. The molecule has 1 saturated carbocycles. The molecule has 116 valence electrons. The van der Waals surface area contributed by atoms with Gasteiger partial charge in [-0.3, -0.25) is 4.79 Å². The van der Waals surface area contributed by atoms with Crippen LogP contribution in [-0.4, -0.2) is 23.9 Å². The third-order valence-electron chi connectivity index (χ3n) is 4.55. The molecule has 0 saturated heterocycles. The van der Waals surface area contributed by atoms with E-state index in [-0.39, 0.29) is 11.9 Å². The Hall–Kier alpha value is -1.35. The van der Waals surface area contributed by atoms with E-state index in [4.69, 9.17) is 5.73 Å². The predicted octanol–water partition coefficient (Wildman–Crippen LogP) is 3.25. The minimum Gasteiger partial charge on any atom is -0.340 e. The van der Waals surface area contributed by atoms with Crippen molar-refractivity contribution in [3.63, 3.8) is 0 Å². The number of likely N-dealkylation sites (N-methyl/N-ethyl adjacent to an activating group) is 1. The van der Waals surface area contributed by atoms with E-state index in [1.54, 1.807) is 4.90 Å². The fourth-order valence-corrected chi connectivity index (χ4v) is 3.21.